The number of Topliss-reactive ketones (excluding diaryl/α,β-unsaturated/α-hetero) is 1. The molecule has 3 aromatic heterocycles. The van der Waals surface area contributed by atoms with Gasteiger partial charge in [0.05, 0.1) is 22.7 Å². The van der Waals surface area contributed by atoms with Crippen molar-refractivity contribution in [1.29, 1.82) is 0 Å². The molecule has 0 unspecified atom stereocenters. The van der Waals surface area contributed by atoms with E-state index in [4.69, 9.17) is 0 Å². The summed E-state index contributed by atoms with van der Waals surface area (Å²) in [5.74, 6) is -1.58. The summed E-state index contributed by atoms with van der Waals surface area (Å²) >= 11 is 1.09. The van der Waals surface area contributed by atoms with E-state index in [0.29, 0.717) is 28.7 Å². The van der Waals surface area contributed by atoms with Crippen LogP contribution < -0.4 is 5.43 Å². The maximum Gasteiger partial charge on any atom is 0.433 e. The first-order chi connectivity index (χ1) is 15.9. The molecule has 0 fully saturated rings. The predicted molar refractivity (Wildman–Crippen MR) is 113 cm³/mol. The van der Waals surface area contributed by atoms with Gasteiger partial charge in [-0.3, -0.25) is 9.48 Å². The van der Waals surface area contributed by atoms with Crippen molar-refractivity contribution in [1.82, 2.24) is 19.7 Å². The Morgan fingerprint density at radius 3 is 2.50 bits per heavy atom. The van der Waals surface area contributed by atoms with Gasteiger partial charge in [0.2, 0.25) is 5.95 Å². The molecule has 3 aromatic rings. The monoisotopic (exact) mass is 504 g/mol. The molecule has 0 atom stereocenters. The molecule has 1 N–H and O–H groups in total. The fourth-order valence-electron chi connectivity index (χ4n) is 2.87. The summed E-state index contributed by atoms with van der Waals surface area (Å²) < 4.78 is 81.7. The van der Waals surface area contributed by atoms with Gasteiger partial charge in [-0.2, -0.15) is 36.5 Å². The maximum atomic E-state index is 13.5. The van der Waals surface area contributed by atoms with Crippen LogP contribution >= 0.6 is 11.3 Å². The fraction of sp³-hybridized carbons (Fsp3) is 0.350. The molecule has 7 nitrogen and oxygen atoms in total. The van der Waals surface area contributed by atoms with Gasteiger partial charge in [0, 0.05) is 24.7 Å². The lowest BCUT2D eigenvalue weighted by atomic mass is 10.1. The number of halogens is 6. The molecular weight excluding hydrogens is 486 g/mol. The van der Waals surface area contributed by atoms with Crippen molar-refractivity contribution in [2.24, 2.45) is 5.10 Å². The molecule has 0 saturated carbocycles. The molecular formula is C20H18F6N6OS. The largest absolute Gasteiger partial charge is 0.433 e. The Balaban J connectivity index is 1.85. The summed E-state index contributed by atoms with van der Waals surface area (Å²) in [6.07, 6.45) is -9.70. The van der Waals surface area contributed by atoms with E-state index in [1.54, 1.807) is 29.2 Å². The Kier molecular flexibility index (Phi) is 7.38. The smallest absolute Gasteiger partial charge is 0.299 e. The van der Waals surface area contributed by atoms with Gasteiger partial charge in [-0.25, -0.2) is 15.4 Å². The molecule has 14 heteroatoms. The number of rotatable bonds is 8. The molecule has 0 spiro atoms. The highest BCUT2D eigenvalue weighted by Gasteiger charge is 2.38. The van der Waals surface area contributed by atoms with E-state index in [1.165, 1.54) is 6.07 Å². The van der Waals surface area contributed by atoms with E-state index in [9.17, 15) is 31.1 Å². The van der Waals surface area contributed by atoms with Crippen molar-refractivity contribution >= 4 is 28.8 Å². The molecule has 0 radical (unpaired) electrons. The molecule has 0 saturated heterocycles. The minimum absolute atomic E-state index is 0.136. The van der Waals surface area contributed by atoms with Crippen LogP contribution in [0.15, 0.2) is 34.9 Å². The third-order valence-electron chi connectivity index (χ3n) is 4.53. The number of alkyl halides is 6. The molecule has 0 aliphatic carbocycles. The van der Waals surface area contributed by atoms with Crippen molar-refractivity contribution in [2.75, 3.05) is 5.43 Å². The molecule has 182 valence electrons. The van der Waals surface area contributed by atoms with Crippen LogP contribution in [0.2, 0.25) is 0 Å². The molecule has 0 aliphatic heterocycles. The predicted octanol–water partition coefficient (Wildman–Crippen LogP) is 5.28. The third-order valence-corrected chi connectivity index (χ3v) is 5.42. The molecule has 34 heavy (non-hydrogen) atoms. The summed E-state index contributed by atoms with van der Waals surface area (Å²) in [4.78, 5) is 19.7. The van der Waals surface area contributed by atoms with E-state index in [1.807, 2.05) is 12.3 Å². The lowest BCUT2D eigenvalue weighted by molar-refractivity contribution is -0.141. The zero-order chi connectivity index (χ0) is 25.1. The van der Waals surface area contributed by atoms with Gasteiger partial charge in [0.15, 0.2) is 5.69 Å². The second-order valence-corrected chi connectivity index (χ2v) is 8.04. The van der Waals surface area contributed by atoms with Crippen LogP contribution in [0.1, 0.15) is 30.3 Å². The Labute approximate surface area is 193 Å². The van der Waals surface area contributed by atoms with Gasteiger partial charge < -0.3 is 0 Å². The van der Waals surface area contributed by atoms with Gasteiger partial charge in [-0.1, -0.05) is 6.07 Å². The van der Waals surface area contributed by atoms with E-state index in [0.717, 1.165) is 11.3 Å². The number of hydrogen-bond donors (Lipinski definition) is 1. The summed E-state index contributed by atoms with van der Waals surface area (Å²) in [5.41, 5.74) is -0.175. The number of hydrazone groups is 1. The lowest BCUT2D eigenvalue weighted by Gasteiger charge is -2.12. The first kappa shape index (κ1) is 25.3. The molecule has 3 rings (SSSR count). The number of carbonyl (C=O) groups is 1. The van der Waals surface area contributed by atoms with Crippen LogP contribution in [0.5, 0.6) is 0 Å². The minimum atomic E-state index is -5.01. The van der Waals surface area contributed by atoms with Gasteiger partial charge in [-0.05, 0) is 31.4 Å². The number of ketones is 1. The summed E-state index contributed by atoms with van der Waals surface area (Å²) in [5, 5.41) is 8.89. The highest BCUT2D eigenvalue weighted by Crippen LogP contribution is 2.32. The molecule has 0 amide bonds. The van der Waals surface area contributed by atoms with E-state index >= 15 is 0 Å². The Hall–Kier alpha value is -3.29. The number of nitrogens with zero attached hydrogens (tertiary/aromatic N) is 5. The lowest BCUT2D eigenvalue weighted by Crippen LogP contribution is -2.27. The van der Waals surface area contributed by atoms with Crippen LogP contribution in [-0.2, 0) is 23.9 Å². The van der Waals surface area contributed by atoms with Crippen LogP contribution in [0, 0.1) is 6.92 Å². The van der Waals surface area contributed by atoms with Gasteiger partial charge in [-0.15, -0.1) is 11.3 Å². The maximum absolute atomic E-state index is 13.5. The third kappa shape index (κ3) is 6.40. The topological polar surface area (TPSA) is 85.1 Å². The number of anilines is 1. The van der Waals surface area contributed by atoms with E-state index in [-0.39, 0.29) is 12.1 Å². The zero-order valence-electron chi connectivity index (χ0n) is 17.8. The second-order valence-electron chi connectivity index (χ2n) is 7.09. The quantitative estimate of drug-likeness (QED) is 0.256. The first-order valence-electron chi connectivity index (χ1n) is 9.81. The number of hydrogen-bond acceptors (Lipinski definition) is 7. The molecule has 3 heterocycles. The van der Waals surface area contributed by atoms with Crippen LogP contribution in [0.3, 0.4) is 0 Å². The summed E-state index contributed by atoms with van der Waals surface area (Å²) in [6, 6.07) is 3.77. The fourth-order valence-corrected chi connectivity index (χ4v) is 3.56. The van der Waals surface area contributed by atoms with Crippen molar-refractivity contribution in [2.45, 2.75) is 45.6 Å². The Bertz CT molecular complexity index is 1180. The molecule has 0 bridgehead atoms. The number of aromatic nitrogens is 4. The average molecular weight is 504 g/mol. The summed E-state index contributed by atoms with van der Waals surface area (Å²) in [6.45, 7) is 3.97. The minimum Gasteiger partial charge on any atom is -0.299 e. The normalized spacial score (nSPS) is 12.8. The summed E-state index contributed by atoms with van der Waals surface area (Å²) in [7, 11) is 0. The highest BCUT2D eigenvalue weighted by atomic mass is 32.1. The Morgan fingerprint density at radius 2 is 1.94 bits per heavy atom. The number of aryl methyl sites for hydroxylation is 2. The molecule has 0 aliphatic rings. The molecule has 0 aromatic carbocycles. The highest BCUT2D eigenvalue weighted by molar-refractivity contribution is 7.13. The zero-order valence-corrected chi connectivity index (χ0v) is 18.6. The van der Waals surface area contributed by atoms with Crippen molar-refractivity contribution in [3.8, 4) is 10.6 Å². The van der Waals surface area contributed by atoms with Gasteiger partial charge in [0.1, 0.15) is 11.5 Å². The number of nitrogens with one attached hydrogen (secondary N) is 1. The van der Waals surface area contributed by atoms with Gasteiger partial charge in [0.25, 0.3) is 0 Å². The SMILES string of the molecule is CCn1cc(CC(=O)C/C(=N\Nc2nc(-c3cccs3)cc(C(F)(F)F)n2)C(F)(F)F)c(C)n1. The average Bonchev–Trinajstić information content (AvgIpc) is 3.39. The second kappa shape index (κ2) is 9.91. The number of carbonyl (C=O) groups excluding carboxylic acids is 1. The van der Waals surface area contributed by atoms with Crippen molar-refractivity contribution < 1.29 is 31.1 Å². The van der Waals surface area contributed by atoms with E-state index in [2.05, 4.69) is 20.2 Å². The van der Waals surface area contributed by atoms with Crippen LogP contribution in [0.4, 0.5) is 32.3 Å². The van der Waals surface area contributed by atoms with Gasteiger partial charge >= 0.3 is 12.4 Å². The first-order valence-corrected chi connectivity index (χ1v) is 10.7. The Morgan fingerprint density at radius 1 is 1.21 bits per heavy atom. The van der Waals surface area contributed by atoms with Crippen molar-refractivity contribution in [3.63, 3.8) is 0 Å². The van der Waals surface area contributed by atoms with Crippen molar-refractivity contribution in [3.05, 3.63) is 46.7 Å². The van der Waals surface area contributed by atoms with Crippen LogP contribution in [-0.4, -0.2) is 37.4 Å². The number of thiophene rings is 1. The van der Waals surface area contributed by atoms with E-state index < -0.39 is 41.9 Å². The van der Waals surface area contributed by atoms with Crippen LogP contribution in [0.25, 0.3) is 10.6 Å². The standard InChI is InChI=1S/C20H18F6N6OS/c1-3-32-10-12(11(2)31-32)7-13(33)8-17(20(24,25)26)29-30-18-27-14(15-5-4-6-34-15)9-16(28-18)19(21,22)23/h4-6,9-10H,3,7-8H2,1-2H3,(H,27,28,30)/b29-17+.